The summed E-state index contributed by atoms with van der Waals surface area (Å²) in [7, 11) is -2.95. The molecule has 0 bridgehead atoms. The van der Waals surface area contributed by atoms with Crippen LogP contribution in [0.25, 0.3) is 6.08 Å². The van der Waals surface area contributed by atoms with Crippen LogP contribution in [0.1, 0.15) is 19.4 Å². The monoisotopic (exact) mass is 280 g/mol. The predicted octanol–water partition coefficient (Wildman–Crippen LogP) is 4.52. The average molecular weight is 280 g/mol. The first-order chi connectivity index (χ1) is 9.20. The van der Waals surface area contributed by atoms with Crippen LogP contribution in [0.3, 0.4) is 0 Å². The molecule has 0 radical (unpaired) electrons. The Morgan fingerprint density at radius 1 is 1.05 bits per heavy atom. The van der Waals surface area contributed by atoms with Gasteiger partial charge in [-0.3, -0.25) is 4.57 Å². The number of benzene rings is 1. The molecule has 0 amide bonds. The fourth-order valence-electron chi connectivity index (χ4n) is 1.54. The average Bonchev–Trinajstić information content (AvgIpc) is 2.40. The first-order valence-electron chi connectivity index (χ1n) is 6.46. The van der Waals surface area contributed by atoms with Crippen LogP contribution in [-0.2, 0) is 13.6 Å². The first kappa shape index (κ1) is 15.9. The van der Waals surface area contributed by atoms with Gasteiger partial charge in [-0.2, -0.15) is 0 Å². The minimum Gasteiger partial charge on any atom is -0.309 e. The van der Waals surface area contributed by atoms with Gasteiger partial charge in [0, 0.05) is 0 Å². The molecule has 0 fully saturated rings. The lowest BCUT2D eigenvalue weighted by atomic mass is 10.2. The van der Waals surface area contributed by atoms with Crippen LogP contribution >= 0.6 is 7.60 Å². The zero-order valence-corrected chi connectivity index (χ0v) is 12.4. The van der Waals surface area contributed by atoms with Gasteiger partial charge in [0.25, 0.3) is 0 Å². The minimum absolute atomic E-state index is 0.299. The molecule has 1 aromatic carbocycles. The second-order valence-electron chi connectivity index (χ2n) is 3.83. The van der Waals surface area contributed by atoms with Crippen LogP contribution < -0.4 is 0 Å². The van der Waals surface area contributed by atoms with Gasteiger partial charge in [0.05, 0.1) is 19.4 Å². The Morgan fingerprint density at radius 2 is 1.68 bits per heavy atom. The van der Waals surface area contributed by atoms with Gasteiger partial charge in [-0.05, 0) is 19.4 Å². The van der Waals surface area contributed by atoms with Gasteiger partial charge in [0.1, 0.15) is 0 Å². The summed E-state index contributed by atoms with van der Waals surface area (Å²) < 4.78 is 22.5. The quantitative estimate of drug-likeness (QED) is 0.518. The fraction of sp³-hybridized carbons (Fsp3) is 0.333. The molecule has 0 aromatic heterocycles. The summed E-state index contributed by atoms with van der Waals surface area (Å²) in [5.74, 6) is 0. The van der Waals surface area contributed by atoms with Crippen molar-refractivity contribution in [2.75, 3.05) is 19.4 Å². The van der Waals surface area contributed by atoms with Crippen LogP contribution in [0.15, 0.2) is 48.6 Å². The molecule has 1 aromatic rings. The molecule has 1 rings (SSSR count). The third kappa shape index (κ3) is 6.53. The SMILES string of the molecule is CCOP(=O)(C/C=C/C=C/c1ccccc1)OCC. The van der Waals surface area contributed by atoms with Crippen molar-refractivity contribution in [2.24, 2.45) is 0 Å². The van der Waals surface area contributed by atoms with Crippen molar-refractivity contribution in [3.8, 4) is 0 Å². The van der Waals surface area contributed by atoms with Crippen molar-refractivity contribution in [2.45, 2.75) is 13.8 Å². The van der Waals surface area contributed by atoms with E-state index in [9.17, 15) is 4.57 Å². The number of allylic oxidation sites excluding steroid dienone is 3. The zero-order valence-electron chi connectivity index (χ0n) is 11.5. The van der Waals surface area contributed by atoms with Crippen LogP contribution in [-0.4, -0.2) is 19.4 Å². The highest BCUT2D eigenvalue weighted by molar-refractivity contribution is 7.54. The number of hydrogen-bond acceptors (Lipinski definition) is 3. The Labute approximate surface area is 115 Å². The van der Waals surface area contributed by atoms with Crippen molar-refractivity contribution in [1.82, 2.24) is 0 Å². The van der Waals surface area contributed by atoms with E-state index in [4.69, 9.17) is 9.05 Å². The molecule has 0 aliphatic rings. The summed E-state index contributed by atoms with van der Waals surface area (Å²) in [5.41, 5.74) is 1.13. The lowest BCUT2D eigenvalue weighted by molar-refractivity contribution is 0.222. The van der Waals surface area contributed by atoms with Gasteiger partial charge >= 0.3 is 7.60 Å². The van der Waals surface area contributed by atoms with Gasteiger partial charge in [-0.25, -0.2) is 0 Å². The third-order valence-corrected chi connectivity index (χ3v) is 4.28. The van der Waals surface area contributed by atoms with Crippen molar-refractivity contribution >= 4 is 13.7 Å². The van der Waals surface area contributed by atoms with Gasteiger partial charge in [-0.15, -0.1) is 0 Å². The molecule has 0 saturated carbocycles. The molecule has 0 atom stereocenters. The van der Waals surface area contributed by atoms with Crippen molar-refractivity contribution in [3.63, 3.8) is 0 Å². The molecule has 104 valence electrons. The van der Waals surface area contributed by atoms with E-state index in [0.717, 1.165) is 5.56 Å². The van der Waals surface area contributed by atoms with Gasteiger partial charge in [0.15, 0.2) is 0 Å². The molecule has 19 heavy (non-hydrogen) atoms. The smallest absolute Gasteiger partial charge is 0.309 e. The molecule has 0 spiro atoms. The second kappa shape index (κ2) is 8.87. The summed E-state index contributed by atoms with van der Waals surface area (Å²) in [6.07, 6.45) is 7.87. The summed E-state index contributed by atoms with van der Waals surface area (Å²) in [6.45, 7) is 4.41. The molecule has 0 aliphatic heterocycles. The summed E-state index contributed by atoms with van der Waals surface area (Å²) >= 11 is 0. The van der Waals surface area contributed by atoms with Crippen LogP contribution in [0.4, 0.5) is 0 Å². The maximum absolute atomic E-state index is 12.1. The molecule has 0 saturated heterocycles. The largest absolute Gasteiger partial charge is 0.334 e. The number of rotatable bonds is 8. The maximum atomic E-state index is 12.1. The van der Waals surface area contributed by atoms with Gasteiger partial charge in [0.2, 0.25) is 0 Å². The summed E-state index contributed by atoms with van der Waals surface area (Å²) in [6, 6.07) is 10.0. The van der Waals surface area contributed by atoms with Gasteiger partial charge in [-0.1, -0.05) is 54.6 Å². The van der Waals surface area contributed by atoms with E-state index >= 15 is 0 Å². The second-order valence-corrected chi connectivity index (χ2v) is 5.93. The van der Waals surface area contributed by atoms with Crippen LogP contribution in [0.5, 0.6) is 0 Å². The Hall–Kier alpha value is -1.15. The van der Waals surface area contributed by atoms with E-state index in [0.29, 0.717) is 19.4 Å². The molecule has 0 aliphatic carbocycles. The number of hydrogen-bond donors (Lipinski definition) is 0. The maximum Gasteiger partial charge on any atom is 0.334 e. The van der Waals surface area contributed by atoms with E-state index in [2.05, 4.69) is 0 Å². The van der Waals surface area contributed by atoms with Crippen LogP contribution in [0.2, 0.25) is 0 Å². The minimum atomic E-state index is -2.95. The summed E-state index contributed by atoms with van der Waals surface area (Å²) in [5, 5.41) is 0. The normalized spacial score (nSPS) is 12.5. The lowest BCUT2D eigenvalue weighted by Crippen LogP contribution is -1.98. The summed E-state index contributed by atoms with van der Waals surface area (Å²) in [4.78, 5) is 0. The van der Waals surface area contributed by atoms with Gasteiger partial charge < -0.3 is 9.05 Å². The highest BCUT2D eigenvalue weighted by Crippen LogP contribution is 2.47. The van der Waals surface area contributed by atoms with Crippen molar-refractivity contribution in [3.05, 3.63) is 54.1 Å². The lowest BCUT2D eigenvalue weighted by Gasteiger charge is -2.14. The molecule has 3 nitrogen and oxygen atoms in total. The van der Waals surface area contributed by atoms with E-state index in [1.165, 1.54) is 0 Å². The molecular formula is C15H21O3P. The molecular weight excluding hydrogens is 259 g/mol. The topological polar surface area (TPSA) is 35.5 Å². The van der Waals surface area contributed by atoms with E-state index in [1.54, 1.807) is 0 Å². The van der Waals surface area contributed by atoms with E-state index in [1.807, 2.05) is 68.5 Å². The van der Waals surface area contributed by atoms with Crippen molar-refractivity contribution < 1.29 is 13.6 Å². The first-order valence-corrected chi connectivity index (χ1v) is 8.19. The Kier molecular flexibility index (Phi) is 7.42. The zero-order chi connectivity index (χ0) is 14.0. The molecule has 0 unspecified atom stereocenters. The molecule has 0 N–H and O–H groups in total. The Bertz CT molecular complexity index is 442. The fourth-order valence-corrected chi connectivity index (χ4v) is 2.99. The predicted molar refractivity (Wildman–Crippen MR) is 80.3 cm³/mol. The highest BCUT2D eigenvalue weighted by Gasteiger charge is 2.20. The van der Waals surface area contributed by atoms with Crippen LogP contribution in [0, 0.1) is 0 Å². The molecule has 4 heteroatoms. The third-order valence-electron chi connectivity index (χ3n) is 2.32. The van der Waals surface area contributed by atoms with Crippen molar-refractivity contribution in [1.29, 1.82) is 0 Å². The molecule has 0 heterocycles. The Morgan fingerprint density at radius 3 is 2.26 bits per heavy atom. The Balaban J connectivity index is 2.48. The van der Waals surface area contributed by atoms with E-state index in [-0.39, 0.29) is 0 Å². The van der Waals surface area contributed by atoms with E-state index < -0.39 is 7.60 Å². The standard InChI is InChI=1S/C15H21O3P/c1-3-17-19(16,18-4-2)14-10-6-9-13-15-11-7-5-8-12-15/h5-13H,3-4,14H2,1-2H3/b10-6+,13-9+. The highest BCUT2D eigenvalue weighted by atomic mass is 31.2.